The van der Waals surface area contributed by atoms with Gasteiger partial charge >= 0.3 is 0 Å². The second-order valence-corrected chi connectivity index (χ2v) is 11.5. The third kappa shape index (κ3) is 5.17. The fourth-order valence-corrected chi connectivity index (χ4v) is 6.87. The zero-order valence-corrected chi connectivity index (χ0v) is 18.3. The average molecular weight is 444 g/mol. The SMILES string of the molecule is CS(=O)(=O)N1CCCCC1C(=O)NCc1ccccc1S(=O)(=O)N1CCCCC1. The van der Waals surface area contributed by atoms with Crippen LogP contribution in [0.5, 0.6) is 0 Å². The molecule has 2 aliphatic heterocycles. The van der Waals surface area contributed by atoms with E-state index in [0.29, 0.717) is 31.6 Å². The van der Waals surface area contributed by atoms with Crippen molar-refractivity contribution in [3.8, 4) is 0 Å². The molecule has 0 radical (unpaired) electrons. The number of benzene rings is 1. The average Bonchev–Trinajstić information content (AvgIpc) is 2.72. The molecule has 1 N–H and O–H groups in total. The number of piperidine rings is 2. The summed E-state index contributed by atoms with van der Waals surface area (Å²) in [4.78, 5) is 12.9. The van der Waals surface area contributed by atoms with Gasteiger partial charge in [-0.2, -0.15) is 8.61 Å². The van der Waals surface area contributed by atoms with Crippen molar-refractivity contribution in [2.75, 3.05) is 25.9 Å². The normalized spacial score (nSPS) is 22.3. The highest BCUT2D eigenvalue weighted by atomic mass is 32.2. The van der Waals surface area contributed by atoms with Gasteiger partial charge in [-0.05, 0) is 37.3 Å². The molecule has 0 aromatic heterocycles. The minimum Gasteiger partial charge on any atom is -0.351 e. The molecule has 8 nitrogen and oxygen atoms in total. The van der Waals surface area contributed by atoms with Crippen molar-refractivity contribution in [3.05, 3.63) is 29.8 Å². The summed E-state index contributed by atoms with van der Waals surface area (Å²) in [5.74, 6) is -0.389. The topological polar surface area (TPSA) is 104 Å². The molecular weight excluding hydrogens is 414 g/mol. The first-order chi connectivity index (χ1) is 13.7. The number of sulfonamides is 2. The van der Waals surface area contributed by atoms with E-state index in [9.17, 15) is 21.6 Å². The number of nitrogens with zero attached hydrogens (tertiary/aromatic N) is 2. The predicted molar refractivity (Wildman–Crippen MR) is 110 cm³/mol. The van der Waals surface area contributed by atoms with Gasteiger partial charge < -0.3 is 5.32 Å². The smallest absolute Gasteiger partial charge is 0.243 e. The Morgan fingerprint density at radius 1 is 1.00 bits per heavy atom. The number of amides is 1. The summed E-state index contributed by atoms with van der Waals surface area (Å²) in [5, 5.41) is 2.76. The minimum absolute atomic E-state index is 0.0379. The molecule has 0 aliphatic carbocycles. The molecule has 162 valence electrons. The number of hydrogen-bond donors (Lipinski definition) is 1. The molecule has 2 fully saturated rings. The summed E-state index contributed by atoms with van der Waals surface area (Å²) < 4.78 is 52.9. The Morgan fingerprint density at radius 2 is 1.66 bits per heavy atom. The van der Waals surface area contributed by atoms with Gasteiger partial charge in [-0.25, -0.2) is 16.8 Å². The maximum absolute atomic E-state index is 13.1. The van der Waals surface area contributed by atoms with E-state index >= 15 is 0 Å². The van der Waals surface area contributed by atoms with Gasteiger partial charge in [0.1, 0.15) is 6.04 Å². The molecule has 3 rings (SSSR count). The number of carbonyl (C=O) groups excluding carboxylic acids is 1. The van der Waals surface area contributed by atoms with Crippen LogP contribution >= 0.6 is 0 Å². The van der Waals surface area contributed by atoms with E-state index in [4.69, 9.17) is 0 Å². The van der Waals surface area contributed by atoms with Gasteiger partial charge in [0, 0.05) is 26.2 Å². The molecule has 0 bridgehead atoms. The summed E-state index contributed by atoms with van der Waals surface area (Å²) in [6, 6.07) is 5.92. The summed E-state index contributed by atoms with van der Waals surface area (Å²) in [6.45, 7) is 1.38. The Labute approximate surface area is 173 Å². The van der Waals surface area contributed by atoms with Gasteiger partial charge in [0.2, 0.25) is 26.0 Å². The van der Waals surface area contributed by atoms with E-state index in [-0.39, 0.29) is 17.3 Å². The van der Waals surface area contributed by atoms with Crippen LogP contribution in [0, 0.1) is 0 Å². The van der Waals surface area contributed by atoms with Gasteiger partial charge in [0.25, 0.3) is 0 Å². The summed E-state index contributed by atoms with van der Waals surface area (Å²) in [6.07, 6.45) is 5.81. The fraction of sp³-hybridized carbons (Fsp3) is 0.632. The first kappa shape index (κ1) is 22.2. The lowest BCUT2D eigenvalue weighted by Crippen LogP contribution is -2.51. The van der Waals surface area contributed by atoms with Crippen molar-refractivity contribution < 1.29 is 21.6 Å². The number of carbonyl (C=O) groups is 1. The largest absolute Gasteiger partial charge is 0.351 e. The van der Waals surface area contributed by atoms with Crippen molar-refractivity contribution >= 4 is 26.0 Å². The number of nitrogens with one attached hydrogen (secondary N) is 1. The molecule has 10 heteroatoms. The molecule has 1 amide bonds. The van der Waals surface area contributed by atoms with Gasteiger partial charge in [-0.1, -0.05) is 31.0 Å². The van der Waals surface area contributed by atoms with Crippen LogP contribution in [0.2, 0.25) is 0 Å². The monoisotopic (exact) mass is 443 g/mol. The molecule has 0 spiro atoms. The predicted octanol–water partition coefficient (Wildman–Crippen LogP) is 1.29. The first-order valence-electron chi connectivity index (χ1n) is 10.0. The Kier molecular flexibility index (Phi) is 6.98. The van der Waals surface area contributed by atoms with E-state index in [1.54, 1.807) is 24.3 Å². The van der Waals surface area contributed by atoms with E-state index < -0.39 is 26.1 Å². The molecule has 2 heterocycles. The summed E-state index contributed by atoms with van der Waals surface area (Å²) in [7, 11) is -7.10. The van der Waals surface area contributed by atoms with E-state index in [2.05, 4.69) is 5.32 Å². The molecule has 1 atom stereocenters. The summed E-state index contributed by atoms with van der Waals surface area (Å²) in [5.41, 5.74) is 0.508. The zero-order chi connectivity index (χ0) is 21.1. The Hall–Kier alpha value is -1.49. The van der Waals surface area contributed by atoms with Gasteiger partial charge in [0.05, 0.1) is 11.2 Å². The zero-order valence-electron chi connectivity index (χ0n) is 16.7. The van der Waals surface area contributed by atoms with E-state index in [1.165, 1.54) is 8.61 Å². The highest BCUT2D eigenvalue weighted by Crippen LogP contribution is 2.24. The molecular formula is C19H29N3O5S2. The third-order valence-corrected chi connectivity index (χ3v) is 8.83. The standard InChI is InChI=1S/C19H29N3O5S2/c1-28(24,25)22-14-8-5-10-17(22)19(23)20-15-16-9-3-4-11-18(16)29(26,27)21-12-6-2-7-13-21/h3-4,9,11,17H,2,5-8,10,12-15H2,1H3,(H,20,23). The fourth-order valence-electron chi connectivity index (χ4n) is 4.01. The highest BCUT2D eigenvalue weighted by molar-refractivity contribution is 7.89. The highest BCUT2D eigenvalue weighted by Gasteiger charge is 2.34. The van der Waals surface area contributed by atoms with Crippen molar-refractivity contribution in [2.45, 2.75) is 56.0 Å². The van der Waals surface area contributed by atoms with Crippen LogP contribution in [0.1, 0.15) is 44.1 Å². The second kappa shape index (κ2) is 9.11. The first-order valence-corrected chi connectivity index (χ1v) is 13.3. The molecule has 0 saturated carbocycles. The number of rotatable bonds is 6. The van der Waals surface area contributed by atoms with E-state index in [1.807, 2.05) is 0 Å². The van der Waals surface area contributed by atoms with Gasteiger partial charge in [-0.3, -0.25) is 4.79 Å². The maximum atomic E-state index is 13.1. The Bertz CT molecular complexity index is 940. The Morgan fingerprint density at radius 3 is 2.34 bits per heavy atom. The van der Waals surface area contributed by atoms with Crippen molar-refractivity contribution in [2.24, 2.45) is 0 Å². The van der Waals surface area contributed by atoms with Crippen molar-refractivity contribution in [1.82, 2.24) is 13.9 Å². The molecule has 1 unspecified atom stereocenters. The van der Waals surface area contributed by atoms with Crippen molar-refractivity contribution in [1.29, 1.82) is 0 Å². The lowest BCUT2D eigenvalue weighted by molar-refractivity contribution is -0.125. The van der Waals surface area contributed by atoms with Crippen LogP contribution in [0.25, 0.3) is 0 Å². The maximum Gasteiger partial charge on any atom is 0.243 e. The molecule has 1 aromatic carbocycles. The number of hydrogen-bond acceptors (Lipinski definition) is 5. The lowest BCUT2D eigenvalue weighted by Gasteiger charge is -2.32. The van der Waals surface area contributed by atoms with Crippen LogP contribution in [-0.4, -0.2) is 63.3 Å². The molecule has 2 saturated heterocycles. The summed E-state index contributed by atoms with van der Waals surface area (Å²) >= 11 is 0. The van der Waals surface area contributed by atoms with E-state index in [0.717, 1.165) is 38.4 Å². The molecule has 2 aliphatic rings. The van der Waals surface area contributed by atoms with Gasteiger partial charge in [0.15, 0.2) is 0 Å². The minimum atomic E-state index is -3.62. The van der Waals surface area contributed by atoms with Crippen molar-refractivity contribution in [3.63, 3.8) is 0 Å². The van der Waals surface area contributed by atoms with Crippen LogP contribution in [0.3, 0.4) is 0 Å². The quantitative estimate of drug-likeness (QED) is 0.714. The Balaban J connectivity index is 1.75. The molecule has 29 heavy (non-hydrogen) atoms. The second-order valence-electron chi connectivity index (χ2n) is 7.68. The van der Waals surface area contributed by atoms with Crippen LogP contribution in [-0.2, 0) is 31.4 Å². The lowest BCUT2D eigenvalue weighted by atomic mass is 10.0. The third-order valence-electron chi connectivity index (χ3n) is 5.54. The van der Waals surface area contributed by atoms with Crippen LogP contribution in [0.4, 0.5) is 0 Å². The van der Waals surface area contributed by atoms with Gasteiger partial charge in [-0.15, -0.1) is 0 Å². The van der Waals surface area contributed by atoms with Crippen LogP contribution in [0.15, 0.2) is 29.2 Å². The molecule has 1 aromatic rings. The van der Waals surface area contributed by atoms with Crippen LogP contribution < -0.4 is 5.32 Å².